The van der Waals surface area contributed by atoms with Gasteiger partial charge in [-0.05, 0) is 13.0 Å². The second kappa shape index (κ2) is 4.92. The summed E-state index contributed by atoms with van der Waals surface area (Å²) in [5.74, 6) is -0.243. The van der Waals surface area contributed by atoms with Crippen LogP contribution in [0, 0.1) is 0 Å². The van der Waals surface area contributed by atoms with Gasteiger partial charge in [-0.25, -0.2) is 21.6 Å². The molecule has 0 aliphatic carbocycles. The molecule has 1 aromatic heterocycles. The molecular weight excluding hydrogens is 284 g/mol. The third-order valence-electron chi connectivity index (χ3n) is 1.77. The third kappa shape index (κ3) is 4.62. The fourth-order valence-corrected chi connectivity index (χ4v) is 4.72. The minimum absolute atomic E-state index is 0.0790. The fourth-order valence-electron chi connectivity index (χ4n) is 1.28. The minimum atomic E-state index is -3.69. The van der Waals surface area contributed by atoms with Crippen LogP contribution in [0.4, 0.5) is 5.69 Å². The number of nitrogens with two attached hydrogens (primary N) is 1. The Hall–Kier alpha value is -0.640. The number of rotatable bonds is 5. The van der Waals surface area contributed by atoms with Gasteiger partial charge in [-0.2, -0.15) is 0 Å². The second-order valence-corrected chi connectivity index (χ2v) is 8.85. The molecule has 3 N–H and O–H groups in total. The van der Waals surface area contributed by atoms with Crippen molar-refractivity contribution >= 4 is 36.9 Å². The molecule has 0 spiro atoms. The lowest BCUT2D eigenvalue weighted by molar-refractivity contribution is 0.566. The zero-order chi connectivity index (χ0) is 13.3. The van der Waals surface area contributed by atoms with Gasteiger partial charge in [0.05, 0.1) is 5.75 Å². The molecule has 0 saturated carbocycles. The Kier molecular flexibility index (Phi) is 4.18. The van der Waals surface area contributed by atoms with Crippen LogP contribution in [0.15, 0.2) is 15.7 Å². The minimum Gasteiger partial charge on any atom is -0.398 e. The molecule has 1 unspecified atom stereocenters. The summed E-state index contributed by atoms with van der Waals surface area (Å²) >= 11 is 0.992. The fraction of sp³-hybridized carbons (Fsp3) is 0.500. The van der Waals surface area contributed by atoms with Gasteiger partial charge in [0.2, 0.25) is 10.0 Å². The first-order valence-electron chi connectivity index (χ1n) is 4.64. The molecule has 0 saturated heterocycles. The summed E-state index contributed by atoms with van der Waals surface area (Å²) in [6.45, 7) is 1.50. The number of hydrogen-bond acceptors (Lipinski definition) is 6. The standard InChI is InChI=1S/C8H14N2O4S3/c1-6(5-16(2,11)12)10-17(13,14)8-3-7(9)4-15-8/h3-4,6,10H,5,9H2,1-2H3. The van der Waals surface area contributed by atoms with Gasteiger partial charge in [0.25, 0.3) is 0 Å². The predicted molar refractivity (Wildman–Crippen MR) is 68.2 cm³/mol. The molecule has 0 radical (unpaired) electrons. The van der Waals surface area contributed by atoms with Gasteiger partial charge >= 0.3 is 0 Å². The van der Waals surface area contributed by atoms with E-state index in [0.29, 0.717) is 5.69 Å². The summed E-state index contributed by atoms with van der Waals surface area (Å²) in [5.41, 5.74) is 5.80. The van der Waals surface area contributed by atoms with E-state index in [1.54, 1.807) is 0 Å². The molecule has 6 nitrogen and oxygen atoms in total. The molecule has 1 aromatic rings. The normalized spacial score (nSPS) is 14.7. The van der Waals surface area contributed by atoms with Gasteiger partial charge < -0.3 is 5.73 Å². The highest BCUT2D eigenvalue weighted by Crippen LogP contribution is 2.21. The lowest BCUT2D eigenvalue weighted by atomic mass is 10.4. The maximum atomic E-state index is 11.8. The van der Waals surface area contributed by atoms with Gasteiger partial charge in [0.15, 0.2) is 0 Å². The average molecular weight is 298 g/mol. The van der Waals surface area contributed by atoms with Crippen LogP contribution in [0.1, 0.15) is 6.92 Å². The van der Waals surface area contributed by atoms with E-state index in [2.05, 4.69) is 4.72 Å². The van der Waals surface area contributed by atoms with Gasteiger partial charge in [-0.15, -0.1) is 11.3 Å². The number of sulfonamides is 1. The molecule has 1 rings (SSSR count). The predicted octanol–water partition coefficient (Wildman–Crippen LogP) is 0.0417. The van der Waals surface area contributed by atoms with Crippen molar-refractivity contribution in [2.45, 2.75) is 17.2 Å². The van der Waals surface area contributed by atoms with Crippen LogP contribution < -0.4 is 10.5 Å². The van der Waals surface area contributed by atoms with E-state index in [4.69, 9.17) is 5.73 Å². The van der Waals surface area contributed by atoms with E-state index in [9.17, 15) is 16.8 Å². The zero-order valence-electron chi connectivity index (χ0n) is 9.37. The maximum absolute atomic E-state index is 11.8. The van der Waals surface area contributed by atoms with E-state index >= 15 is 0 Å². The molecular formula is C8H14N2O4S3. The van der Waals surface area contributed by atoms with Crippen LogP contribution in [0.3, 0.4) is 0 Å². The van der Waals surface area contributed by atoms with Gasteiger partial charge in [-0.3, -0.25) is 0 Å². The van der Waals surface area contributed by atoms with Crippen molar-refractivity contribution in [2.75, 3.05) is 17.7 Å². The van der Waals surface area contributed by atoms with Crippen LogP contribution in [-0.2, 0) is 19.9 Å². The van der Waals surface area contributed by atoms with E-state index in [1.165, 1.54) is 18.4 Å². The summed E-state index contributed by atoms with van der Waals surface area (Å²) in [5, 5.41) is 1.51. The quantitative estimate of drug-likeness (QED) is 0.798. The summed E-state index contributed by atoms with van der Waals surface area (Å²) < 4.78 is 48.0. The number of hydrogen-bond donors (Lipinski definition) is 2. The highest BCUT2D eigenvalue weighted by Gasteiger charge is 2.21. The van der Waals surface area contributed by atoms with E-state index in [1.807, 2.05) is 0 Å². The number of nitrogens with one attached hydrogen (secondary N) is 1. The van der Waals surface area contributed by atoms with Crippen LogP contribution in [-0.4, -0.2) is 34.9 Å². The highest BCUT2D eigenvalue weighted by atomic mass is 32.2. The summed E-state index contributed by atoms with van der Waals surface area (Å²) in [4.78, 5) is 0. The topological polar surface area (TPSA) is 106 Å². The van der Waals surface area contributed by atoms with Gasteiger partial charge in [-0.1, -0.05) is 0 Å². The highest BCUT2D eigenvalue weighted by molar-refractivity contribution is 7.92. The molecule has 17 heavy (non-hydrogen) atoms. The Bertz CT molecular complexity index is 588. The Morgan fingerprint density at radius 2 is 2.00 bits per heavy atom. The molecule has 9 heteroatoms. The monoisotopic (exact) mass is 298 g/mol. The number of sulfone groups is 1. The van der Waals surface area contributed by atoms with E-state index < -0.39 is 25.9 Å². The van der Waals surface area contributed by atoms with Gasteiger partial charge in [0, 0.05) is 23.4 Å². The lowest BCUT2D eigenvalue weighted by Crippen LogP contribution is -2.36. The van der Waals surface area contributed by atoms with Crippen LogP contribution in [0.25, 0.3) is 0 Å². The van der Waals surface area contributed by atoms with E-state index in [-0.39, 0.29) is 9.96 Å². The Labute approximate surface area is 105 Å². The molecule has 0 aliphatic heterocycles. The molecule has 98 valence electrons. The van der Waals surface area contributed by atoms with Crippen molar-refractivity contribution in [3.63, 3.8) is 0 Å². The molecule has 0 bridgehead atoms. The largest absolute Gasteiger partial charge is 0.398 e. The van der Waals surface area contributed by atoms with Crippen LogP contribution in [0.5, 0.6) is 0 Å². The average Bonchev–Trinajstić information content (AvgIpc) is 2.46. The van der Waals surface area contributed by atoms with Crippen LogP contribution >= 0.6 is 11.3 Å². The molecule has 0 aromatic carbocycles. The van der Waals surface area contributed by atoms with E-state index in [0.717, 1.165) is 17.6 Å². The van der Waals surface area contributed by atoms with Crippen molar-refractivity contribution in [1.82, 2.24) is 4.72 Å². The first-order valence-corrected chi connectivity index (χ1v) is 9.06. The first kappa shape index (κ1) is 14.4. The van der Waals surface area contributed by atoms with Crippen LogP contribution in [0.2, 0.25) is 0 Å². The summed E-state index contributed by atoms with van der Waals surface area (Å²) in [6, 6.07) is 0.651. The third-order valence-corrected chi connectivity index (χ3v) is 5.92. The SMILES string of the molecule is CC(CS(C)(=O)=O)NS(=O)(=O)c1cc(N)cs1. The number of thiophene rings is 1. The van der Waals surface area contributed by atoms with Crippen molar-refractivity contribution < 1.29 is 16.8 Å². The van der Waals surface area contributed by atoms with Crippen molar-refractivity contribution in [2.24, 2.45) is 0 Å². The maximum Gasteiger partial charge on any atom is 0.250 e. The smallest absolute Gasteiger partial charge is 0.250 e. The van der Waals surface area contributed by atoms with Crippen molar-refractivity contribution in [3.05, 3.63) is 11.4 Å². The first-order chi connectivity index (χ1) is 7.60. The molecule has 0 fully saturated rings. The van der Waals surface area contributed by atoms with Crippen molar-refractivity contribution in [3.8, 4) is 0 Å². The van der Waals surface area contributed by atoms with Gasteiger partial charge in [0.1, 0.15) is 14.0 Å². The number of nitrogen functional groups attached to an aromatic ring is 1. The second-order valence-electron chi connectivity index (χ2n) is 3.81. The summed E-state index contributed by atoms with van der Waals surface area (Å²) in [7, 11) is -6.91. The number of anilines is 1. The Morgan fingerprint density at radius 1 is 1.41 bits per heavy atom. The Balaban J connectivity index is 2.81. The lowest BCUT2D eigenvalue weighted by Gasteiger charge is -2.11. The molecule has 0 aliphatic rings. The Morgan fingerprint density at radius 3 is 2.41 bits per heavy atom. The molecule has 0 amide bonds. The zero-order valence-corrected chi connectivity index (χ0v) is 11.8. The summed E-state index contributed by atoms with van der Waals surface area (Å²) in [6.07, 6.45) is 1.06. The molecule has 1 heterocycles. The molecule has 1 atom stereocenters. The van der Waals surface area contributed by atoms with Crippen molar-refractivity contribution in [1.29, 1.82) is 0 Å².